The van der Waals surface area contributed by atoms with E-state index in [4.69, 9.17) is 0 Å². The van der Waals surface area contributed by atoms with Crippen molar-refractivity contribution in [1.29, 1.82) is 0 Å². The molecule has 0 amide bonds. The molecule has 2 aromatic heterocycles. The second-order valence-corrected chi connectivity index (χ2v) is 5.22. The first-order valence-electron chi connectivity index (χ1n) is 6.05. The highest BCUT2D eigenvalue weighted by Gasteiger charge is 2.02. The number of hydrogen-bond acceptors (Lipinski definition) is 6. The molecule has 0 unspecified atom stereocenters. The van der Waals surface area contributed by atoms with Gasteiger partial charge in [0, 0.05) is 18.3 Å². The van der Waals surface area contributed by atoms with Gasteiger partial charge in [-0.2, -0.15) is 0 Å². The Labute approximate surface area is 114 Å². The number of rotatable bonds is 4. The Bertz CT molecular complexity index is 694. The molecule has 5 nitrogen and oxygen atoms in total. The van der Waals surface area contributed by atoms with Crippen LogP contribution in [0.2, 0.25) is 0 Å². The van der Waals surface area contributed by atoms with Crippen molar-refractivity contribution in [2.75, 3.05) is 11.9 Å². The molecule has 0 spiro atoms. The van der Waals surface area contributed by atoms with Crippen molar-refractivity contribution < 1.29 is 0 Å². The lowest BCUT2D eigenvalue weighted by Gasteiger charge is -2.03. The van der Waals surface area contributed by atoms with Crippen molar-refractivity contribution in [1.82, 2.24) is 20.2 Å². The van der Waals surface area contributed by atoms with E-state index >= 15 is 0 Å². The summed E-state index contributed by atoms with van der Waals surface area (Å²) in [5.41, 5.74) is 2.76. The van der Waals surface area contributed by atoms with Crippen LogP contribution in [0.4, 0.5) is 5.95 Å². The number of aromatic nitrogens is 4. The number of benzene rings is 1. The fourth-order valence-corrected chi connectivity index (χ4v) is 2.43. The summed E-state index contributed by atoms with van der Waals surface area (Å²) >= 11 is 1.67. The van der Waals surface area contributed by atoms with E-state index in [-0.39, 0.29) is 0 Å². The molecule has 1 aromatic carbocycles. The Kier molecular flexibility index (Phi) is 3.33. The number of nitrogens with one attached hydrogen (secondary N) is 1. The van der Waals surface area contributed by atoms with E-state index in [1.807, 2.05) is 31.2 Å². The van der Waals surface area contributed by atoms with E-state index in [1.165, 1.54) is 0 Å². The molecule has 6 heteroatoms. The Morgan fingerprint density at radius 1 is 1.11 bits per heavy atom. The van der Waals surface area contributed by atoms with Gasteiger partial charge in [-0.3, -0.25) is 0 Å². The van der Waals surface area contributed by atoms with E-state index in [9.17, 15) is 0 Å². The Morgan fingerprint density at radius 3 is 2.74 bits per heavy atom. The number of nitrogens with zero attached hydrogens (tertiary/aromatic N) is 4. The minimum Gasteiger partial charge on any atom is -0.353 e. The van der Waals surface area contributed by atoms with Crippen molar-refractivity contribution in [3.8, 4) is 0 Å². The number of thiazole rings is 1. The van der Waals surface area contributed by atoms with Gasteiger partial charge in [-0.1, -0.05) is 12.1 Å². The maximum Gasteiger partial charge on any atom is 0.243 e. The maximum absolute atomic E-state index is 4.41. The molecule has 3 aromatic rings. The minimum absolute atomic E-state index is 0.561. The first-order chi connectivity index (χ1) is 9.31. The summed E-state index contributed by atoms with van der Waals surface area (Å²) in [6.45, 7) is 2.77. The molecule has 19 heavy (non-hydrogen) atoms. The molecular formula is C13H13N5S. The van der Waals surface area contributed by atoms with Gasteiger partial charge in [-0.05, 0) is 19.1 Å². The zero-order valence-electron chi connectivity index (χ0n) is 10.5. The van der Waals surface area contributed by atoms with Crippen LogP contribution in [0, 0.1) is 6.92 Å². The highest BCUT2D eigenvalue weighted by molar-refractivity contribution is 7.09. The standard InChI is InChI=1S/C13H13N5S/c1-9-15-10(8-19-9)6-7-14-13-16-11-4-2-3-5-12(11)17-18-13/h2-5,8H,6-7H2,1H3,(H,14,16,18). The van der Waals surface area contributed by atoms with Gasteiger partial charge in [0.2, 0.25) is 5.95 Å². The molecule has 0 saturated carbocycles. The Hall–Kier alpha value is -2.08. The summed E-state index contributed by atoms with van der Waals surface area (Å²) in [6.07, 6.45) is 0.862. The van der Waals surface area contributed by atoms with Crippen molar-refractivity contribution in [3.05, 3.63) is 40.3 Å². The molecule has 1 N–H and O–H groups in total. The van der Waals surface area contributed by atoms with Crippen molar-refractivity contribution in [2.45, 2.75) is 13.3 Å². The lowest BCUT2D eigenvalue weighted by molar-refractivity contribution is 0.928. The van der Waals surface area contributed by atoms with Crippen LogP contribution in [-0.4, -0.2) is 26.7 Å². The average Bonchev–Trinajstić information content (AvgIpc) is 2.84. The Balaban J connectivity index is 1.65. The van der Waals surface area contributed by atoms with Crippen LogP contribution < -0.4 is 5.32 Å². The third-order valence-electron chi connectivity index (χ3n) is 2.69. The lowest BCUT2D eigenvalue weighted by Crippen LogP contribution is -2.09. The van der Waals surface area contributed by atoms with E-state index in [0.717, 1.165) is 34.7 Å². The Morgan fingerprint density at radius 2 is 1.95 bits per heavy atom. The fourth-order valence-electron chi connectivity index (χ4n) is 1.78. The molecule has 0 saturated heterocycles. The number of hydrogen-bond donors (Lipinski definition) is 1. The smallest absolute Gasteiger partial charge is 0.243 e. The van der Waals surface area contributed by atoms with Crippen molar-refractivity contribution in [2.24, 2.45) is 0 Å². The highest BCUT2D eigenvalue weighted by Crippen LogP contribution is 2.10. The zero-order chi connectivity index (χ0) is 13.1. The number of para-hydroxylation sites is 1. The van der Waals surface area contributed by atoms with E-state index < -0.39 is 0 Å². The molecule has 0 radical (unpaired) electrons. The molecule has 0 aliphatic heterocycles. The summed E-state index contributed by atoms with van der Waals surface area (Å²) in [5.74, 6) is 0.561. The maximum atomic E-state index is 4.41. The van der Waals surface area contributed by atoms with Crippen molar-refractivity contribution >= 4 is 28.3 Å². The van der Waals surface area contributed by atoms with Gasteiger partial charge in [0.25, 0.3) is 0 Å². The molecule has 0 atom stereocenters. The molecule has 96 valence electrons. The minimum atomic E-state index is 0.561. The van der Waals surface area contributed by atoms with Crippen LogP contribution in [0.1, 0.15) is 10.7 Å². The molecule has 0 bridgehead atoms. The van der Waals surface area contributed by atoms with Gasteiger partial charge in [-0.25, -0.2) is 9.97 Å². The molecule has 0 fully saturated rings. The van der Waals surface area contributed by atoms with Gasteiger partial charge in [0.15, 0.2) is 0 Å². The summed E-state index contributed by atoms with van der Waals surface area (Å²) < 4.78 is 0. The van der Waals surface area contributed by atoms with Gasteiger partial charge in [-0.15, -0.1) is 21.5 Å². The van der Waals surface area contributed by atoms with Gasteiger partial charge >= 0.3 is 0 Å². The molecule has 0 aliphatic carbocycles. The number of fused-ring (bicyclic) bond motifs is 1. The highest BCUT2D eigenvalue weighted by atomic mass is 32.1. The van der Waals surface area contributed by atoms with Crippen LogP contribution in [0.15, 0.2) is 29.6 Å². The summed E-state index contributed by atoms with van der Waals surface area (Å²) in [4.78, 5) is 8.82. The van der Waals surface area contributed by atoms with Crippen LogP contribution in [-0.2, 0) is 6.42 Å². The average molecular weight is 271 g/mol. The third-order valence-corrected chi connectivity index (χ3v) is 3.51. The van der Waals surface area contributed by atoms with E-state index in [2.05, 4.69) is 30.9 Å². The SMILES string of the molecule is Cc1nc(CCNc2nnc3ccccc3n2)cs1. The summed E-state index contributed by atoms with van der Waals surface area (Å²) in [7, 11) is 0. The second kappa shape index (κ2) is 5.27. The summed E-state index contributed by atoms with van der Waals surface area (Å²) in [5, 5.41) is 14.5. The number of aryl methyl sites for hydroxylation is 1. The van der Waals surface area contributed by atoms with Gasteiger partial charge in [0.05, 0.1) is 16.2 Å². The van der Waals surface area contributed by atoms with Crippen LogP contribution in [0.3, 0.4) is 0 Å². The number of anilines is 1. The molecule has 3 rings (SSSR count). The molecule has 2 heterocycles. The summed E-state index contributed by atoms with van der Waals surface area (Å²) in [6, 6.07) is 7.70. The normalized spacial score (nSPS) is 10.8. The lowest BCUT2D eigenvalue weighted by atomic mass is 10.3. The van der Waals surface area contributed by atoms with Gasteiger partial charge < -0.3 is 5.32 Å². The van der Waals surface area contributed by atoms with Crippen LogP contribution in [0.25, 0.3) is 11.0 Å². The third kappa shape index (κ3) is 2.85. The monoisotopic (exact) mass is 271 g/mol. The van der Waals surface area contributed by atoms with Gasteiger partial charge in [0.1, 0.15) is 5.52 Å². The van der Waals surface area contributed by atoms with E-state index in [1.54, 1.807) is 11.3 Å². The molecular weight excluding hydrogens is 258 g/mol. The quantitative estimate of drug-likeness (QED) is 0.789. The van der Waals surface area contributed by atoms with E-state index in [0.29, 0.717) is 5.95 Å². The largest absolute Gasteiger partial charge is 0.353 e. The predicted octanol–water partition coefficient (Wildman–Crippen LogP) is 2.44. The zero-order valence-corrected chi connectivity index (χ0v) is 11.3. The first-order valence-corrected chi connectivity index (χ1v) is 6.93. The van der Waals surface area contributed by atoms with Crippen molar-refractivity contribution in [3.63, 3.8) is 0 Å². The fraction of sp³-hybridized carbons (Fsp3) is 0.231. The predicted molar refractivity (Wildman–Crippen MR) is 76.4 cm³/mol. The topological polar surface area (TPSA) is 63.6 Å². The van der Waals surface area contributed by atoms with Crippen LogP contribution >= 0.6 is 11.3 Å². The van der Waals surface area contributed by atoms with Crippen LogP contribution in [0.5, 0.6) is 0 Å². The molecule has 0 aliphatic rings. The first kappa shape index (κ1) is 12.0. The second-order valence-electron chi connectivity index (χ2n) is 4.16.